The third-order valence-corrected chi connectivity index (χ3v) is 5.27. The Morgan fingerprint density at radius 3 is 2.42 bits per heavy atom. The summed E-state index contributed by atoms with van der Waals surface area (Å²) >= 11 is 1.33. The number of hydrogen-bond donors (Lipinski definition) is 0. The Morgan fingerprint density at radius 2 is 1.69 bits per heavy atom. The average Bonchev–Trinajstić information content (AvgIpc) is 3.21. The van der Waals surface area contributed by atoms with E-state index in [1.165, 1.54) is 11.8 Å². The molecule has 0 N–H and O–H groups in total. The van der Waals surface area contributed by atoms with Crippen molar-refractivity contribution in [1.82, 2.24) is 4.90 Å². The molecule has 2 aromatic carbocycles. The quantitative estimate of drug-likeness (QED) is 0.758. The third-order valence-electron chi connectivity index (χ3n) is 4.12. The molecular formula is C20H18N2O3S. The first kappa shape index (κ1) is 18.0. The Kier molecular flexibility index (Phi) is 5.92. The van der Waals surface area contributed by atoms with Gasteiger partial charge < -0.3 is 9.64 Å². The van der Waals surface area contributed by atoms with Crippen LogP contribution in [0, 0.1) is 11.3 Å². The van der Waals surface area contributed by atoms with E-state index in [9.17, 15) is 14.9 Å². The van der Waals surface area contributed by atoms with E-state index in [1.807, 2.05) is 18.2 Å². The molecule has 1 heterocycles. The number of benzene rings is 2. The largest absolute Gasteiger partial charge is 0.452 e. The molecule has 5 nitrogen and oxygen atoms in total. The number of carbonyl (C=O) groups excluding carboxylic acids is 2. The van der Waals surface area contributed by atoms with Crippen LogP contribution in [0.2, 0.25) is 0 Å². The highest BCUT2D eigenvalue weighted by molar-refractivity contribution is 7.99. The molecule has 0 spiro atoms. The molecular weight excluding hydrogens is 348 g/mol. The molecule has 1 fully saturated rings. The summed E-state index contributed by atoms with van der Waals surface area (Å²) < 4.78 is 5.23. The predicted molar refractivity (Wildman–Crippen MR) is 97.8 cm³/mol. The first-order chi connectivity index (χ1) is 12.7. The summed E-state index contributed by atoms with van der Waals surface area (Å²) in [5, 5.41) is 9.23. The molecule has 0 aromatic heterocycles. The van der Waals surface area contributed by atoms with Gasteiger partial charge in [-0.05, 0) is 37.1 Å². The number of nitriles is 1. The smallest absolute Gasteiger partial charge is 0.339 e. The van der Waals surface area contributed by atoms with Crippen LogP contribution in [0.1, 0.15) is 28.8 Å². The first-order valence-corrected chi connectivity index (χ1v) is 9.21. The van der Waals surface area contributed by atoms with Crippen molar-refractivity contribution in [2.75, 3.05) is 19.7 Å². The number of amides is 1. The van der Waals surface area contributed by atoms with Crippen LogP contribution in [0.5, 0.6) is 0 Å². The highest BCUT2D eigenvalue weighted by Gasteiger charge is 2.21. The Bertz CT molecular complexity index is 854. The van der Waals surface area contributed by atoms with Crippen molar-refractivity contribution in [2.45, 2.75) is 22.6 Å². The minimum absolute atomic E-state index is 0.157. The van der Waals surface area contributed by atoms with Gasteiger partial charge >= 0.3 is 5.97 Å². The fourth-order valence-corrected chi connectivity index (χ4v) is 3.77. The van der Waals surface area contributed by atoms with Gasteiger partial charge in [-0.2, -0.15) is 5.26 Å². The van der Waals surface area contributed by atoms with Crippen molar-refractivity contribution in [3.05, 3.63) is 59.7 Å². The van der Waals surface area contributed by atoms with Gasteiger partial charge in [0.05, 0.1) is 11.1 Å². The zero-order valence-corrected chi connectivity index (χ0v) is 15.0. The number of hydrogen-bond acceptors (Lipinski definition) is 5. The highest BCUT2D eigenvalue weighted by atomic mass is 32.2. The maximum Gasteiger partial charge on any atom is 0.339 e. The van der Waals surface area contributed by atoms with Crippen molar-refractivity contribution in [2.24, 2.45) is 0 Å². The summed E-state index contributed by atoms with van der Waals surface area (Å²) in [6, 6.07) is 16.4. The van der Waals surface area contributed by atoms with Crippen LogP contribution in [0.25, 0.3) is 0 Å². The molecule has 3 rings (SSSR count). The molecule has 0 unspecified atom stereocenters. The molecule has 1 aliphatic heterocycles. The lowest BCUT2D eigenvalue weighted by molar-refractivity contribution is -0.133. The van der Waals surface area contributed by atoms with E-state index in [0.29, 0.717) is 16.0 Å². The van der Waals surface area contributed by atoms with Crippen molar-refractivity contribution in [1.29, 1.82) is 5.26 Å². The fourth-order valence-electron chi connectivity index (χ4n) is 2.75. The summed E-state index contributed by atoms with van der Waals surface area (Å²) in [4.78, 5) is 27.7. The van der Waals surface area contributed by atoms with Crippen LogP contribution in [0.15, 0.2) is 58.3 Å². The van der Waals surface area contributed by atoms with Crippen LogP contribution in [0.3, 0.4) is 0 Å². The van der Waals surface area contributed by atoms with E-state index in [0.717, 1.165) is 30.8 Å². The van der Waals surface area contributed by atoms with E-state index >= 15 is 0 Å². The average molecular weight is 366 g/mol. The molecule has 132 valence electrons. The predicted octanol–water partition coefficient (Wildman–Crippen LogP) is 3.49. The number of esters is 1. The number of likely N-dealkylation sites (tertiary alicyclic amines) is 1. The van der Waals surface area contributed by atoms with Gasteiger partial charge in [0.15, 0.2) is 6.61 Å². The number of carbonyl (C=O) groups is 2. The van der Waals surface area contributed by atoms with Crippen LogP contribution < -0.4 is 0 Å². The molecule has 1 aliphatic rings. The zero-order chi connectivity index (χ0) is 18.4. The molecule has 0 bridgehead atoms. The molecule has 0 radical (unpaired) electrons. The van der Waals surface area contributed by atoms with Crippen LogP contribution in [0.4, 0.5) is 0 Å². The normalized spacial score (nSPS) is 13.3. The zero-order valence-electron chi connectivity index (χ0n) is 14.2. The van der Waals surface area contributed by atoms with Crippen molar-refractivity contribution in [3.8, 4) is 6.07 Å². The van der Waals surface area contributed by atoms with Gasteiger partial charge in [-0.15, -0.1) is 0 Å². The van der Waals surface area contributed by atoms with E-state index in [-0.39, 0.29) is 12.5 Å². The van der Waals surface area contributed by atoms with E-state index < -0.39 is 5.97 Å². The molecule has 26 heavy (non-hydrogen) atoms. The summed E-state index contributed by atoms with van der Waals surface area (Å²) in [7, 11) is 0. The Labute approximate surface area is 156 Å². The van der Waals surface area contributed by atoms with E-state index in [4.69, 9.17) is 4.74 Å². The lowest BCUT2D eigenvalue weighted by Gasteiger charge is -2.15. The minimum Gasteiger partial charge on any atom is -0.452 e. The summed E-state index contributed by atoms with van der Waals surface area (Å²) in [5.41, 5.74) is 0.935. The van der Waals surface area contributed by atoms with Gasteiger partial charge in [0.1, 0.15) is 6.07 Å². The van der Waals surface area contributed by atoms with Crippen LogP contribution in [-0.2, 0) is 9.53 Å². The van der Waals surface area contributed by atoms with Crippen molar-refractivity contribution >= 4 is 23.6 Å². The molecule has 6 heteroatoms. The second kappa shape index (κ2) is 8.54. The van der Waals surface area contributed by atoms with Gasteiger partial charge in [-0.25, -0.2) is 4.79 Å². The summed E-state index contributed by atoms with van der Waals surface area (Å²) in [5.74, 6) is -0.689. The molecule has 0 saturated carbocycles. The topological polar surface area (TPSA) is 70.4 Å². The maximum atomic E-state index is 12.5. The highest BCUT2D eigenvalue weighted by Crippen LogP contribution is 2.32. The van der Waals surface area contributed by atoms with Crippen molar-refractivity contribution < 1.29 is 14.3 Å². The van der Waals surface area contributed by atoms with E-state index in [2.05, 4.69) is 6.07 Å². The summed E-state index contributed by atoms with van der Waals surface area (Å²) in [6.07, 6.45) is 1.99. The van der Waals surface area contributed by atoms with Crippen molar-refractivity contribution in [3.63, 3.8) is 0 Å². The Hall–Kier alpha value is -2.78. The molecule has 1 amide bonds. The fraction of sp³-hybridized carbons (Fsp3) is 0.250. The molecule has 0 atom stereocenters. The molecule has 1 saturated heterocycles. The second-order valence-electron chi connectivity index (χ2n) is 5.87. The number of ether oxygens (including phenoxy) is 1. The standard InChI is InChI=1S/C20H18N2O3S/c21-13-15-7-1-3-9-17(15)26-18-10-4-2-8-16(18)20(24)25-14-19(23)22-11-5-6-12-22/h1-4,7-10H,5-6,11-12,14H2. The first-order valence-electron chi connectivity index (χ1n) is 8.40. The van der Waals surface area contributed by atoms with Gasteiger partial charge in [-0.1, -0.05) is 36.0 Å². The molecule has 2 aromatic rings. The Balaban J connectivity index is 1.71. The van der Waals surface area contributed by atoms with Gasteiger partial charge in [0, 0.05) is 22.9 Å². The number of rotatable bonds is 5. The monoisotopic (exact) mass is 366 g/mol. The lowest BCUT2D eigenvalue weighted by Crippen LogP contribution is -2.32. The van der Waals surface area contributed by atoms with Gasteiger partial charge in [0.25, 0.3) is 5.91 Å². The third kappa shape index (κ3) is 4.24. The van der Waals surface area contributed by atoms with Gasteiger partial charge in [0.2, 0.25) is 0 Å². The maximum absolute atomic E-state index is 12.5. The minimum atomic E-state index is -0.532. The van der Waals surface area contributed by atoms with Gasteiger partial charge in [-0.3, -0.25) is 4.79 Å². The molecule has 0 aliphatic carbocycles. The van der Waals surface area contributed by atoms with E-state index in [1.54, 1.807) is 35.2 Å². The number of nitrogens with zero attached hydrogens (tertiary/aromatic N) is 2. The SMILES string of the molecule is N#Cc1ccccc1Sc1ccccc1C(=O)OCC(=O)N1CCCC1. The summed E-state index contributed by atoms with van der Waals surface area (Å²) in [6.45, 7) is 1.22. The Morgan fingerprint density at radius 1 is 1.04 bits per heavy atom. The second-order valence-corrected chi connectivity index (χ2v) is 6.95. The lowest BCUT2D eigenvalue weighted by atomic mass is 10.2. The van der Waals surface area contributed by atoms with Crippen LogP contribution in [-0.4, -0.2) is 36.5 Å². The van der Waals surface area contributed by atoms with Crippen LogP contribution >= 0.6 is 11.8 Å².